The third kappa shape index (κ3) is 3.76. The van der Waals surface area contributed by atoms with E-state index < -0.39 is 0 Å². The van der Waals surface area contributed by atoms with Crippen molar-refractivity contribution in [1.82, 2.24) is 14.9 Å². The molecule has 0 spiro atoms. The van der Waals surface area contributed by atoms with E-state index in [1.807, 2.05) is 6.07 Å². The topological polar surface area (TPSA) is 92.1 Å². The number of H-pyrrole nitrogens is 1. The molecule has 0 fully saturated rings. The van der Waals surface area contributed by atoms with E-state index in [0.717, 1.165) is 42.9 Å². The molecule has 2 heterocycles. The number of aryl methyl sites for hydroxylation is 2. The van der Waals surface area contributed by atoms with Gasteiger partial charge in [-0.1, -0.05) is 19.1 Å². The molecule has 0 unspecified atom stereocenters. The zero-order valence-corrected chi connectivity index (χ0v) is 14.5. The van der Waals surface area contributed by atoms with E-state index in [0.29, 0.717) is 24.2 Å². The predicted octanol–water partition coefficient (Wildman–Crippen LogP) is 2.50. The smallest absolute Gasteiger partial charge is 0.272 e. The Morgan fingerprint density at radius 3 is 2.92 bits per heavy atom. The van der Waals surface area contributed by atoms with Crippen LogP contribution >= 0.6 is 0 Å². The Balaban J connectivity index is 1.79. The van der Waals surface area contributed by atoms with Gasteiger partial charge in [-0.2, -0.15) is 0 Å². The van der Waals surface area contributed by atoms with E-state index in [1.165, 1.54) is 0 Å². The molecule has 0 atom stereocenters. The molecule has 25 heavy (non-hydrogen) atoms. The molecule has 0 saturated heterocycles. The zero-order valence-electron chi connectivity index (χ0n) is 14.5. The lowest BCUT2D eigenvalue weighted by atomic mass is 10.0. The second kappa shape index (κ2) is 7.14. The van der Waals surface area contributed by atoms with Gasteiger partial charge in [0.15, 0.2) is 0 Å². The molecule has 0 amide bonds. The first kappa shape index (κ1) is 17.3. The monoisotopic (exact) mass is 342 g/mol. The largest absolute Gasteiger partial charge is 0.310 e. The maximum atomic E-state index is 12.3. The van der Waals surface area contributed by atoms with Crippen LogP contribution in [0.1, 0.15) is 41.6 Å². The molecule has 7 nitrogen and oxygen atoms in total. The third-order valence-corrected chi connectivity index (χ3v) is 4.56. The Hall–Kier alpha value is -2.54. The fourth-order valence-corrected chi connectivity index (χ4v) is 3.23. The van der Waals surface area contributed by atoms with Crippen LogP contribution in [0, 0.1) is 17.0 Å². The van der Waals surface area contributed by atoms with E-state index in [-0.39, 0.29) is 16.2 Å². The molecule has 0 radical (unpaired) electrons. The van der Waals surface area contributed by atoms with Crippen molar-refractivity contribution in [1.29, 1.82) is 0 Å². The lowest BCUT2D eigenvalue weighted by Gasteiger charge is -2.27. The molecule has 1 aliphatic heterocycles. The first-order chi connectivity index (χ1) is 12.0. The van der Waals surface area contributed by atoms with Gasteiger partial charge in [-0.05, 0) is 18.9 Å². The number of hydrogen-bond donors (Lipinski definition) is 1. The Morgan fingerprint density at radius 2 is 2.20 bits per heavy atom. The molecule has 2 aromatic rings. The summed E-state index contributed by atoms with van der Waals surface area (Å²) in [6.45, 7) is 5.68. The van der Waals surface area contributed by atoms with Crippen LogP contribution in [0.15, 0.2) is 23.0 Å². The average Bonchev–Trinajstić information content (AvgIpc) is 2.57. The highest BCUT2D eigenvalue weighted by Gasteiger charge is 2.22. The highest BCUT2D eigenvalue weighted by molar-refractivity contribution is 5.42. The minimum absolute atomic E-state index is 0.0620. The maximum absolute atomic E-state index is 12.3. The lowest BCUT2D eigenvalue weighted by Crippen LogP contribution is -2.35. The van der Waals surface area contributed by atoms with Crippen LogP contribution in [-0.2, 0) is 25.9 Å². The summed E-state index contributed by atoms with van der Waals surface area (Å²) >= 11 is 0. The Bertz CT molecular complexity index is 860. The number of aromatic amines is 1. The van der Waals surface area contributed by atoms with Crippen LogP contribution in [-0.4, -0.2) is 26.3 Å². The van der Waals surface area contributed by atoms with E-state index in [9.17, 15) is 14.9 Å². The van der Waals surface area contributed by atoms with Crippen LogP contribution in [0.2, 0.25) is 0 Å². The number of nitrogens with one attached hydrogen (secondary N) is 1. The fraction of sp³-hybridized carbons (Fsp3) is 0.444. The molecule has 0 saturated carbocycles. The lowest BCUT2D eigenvalue weighted by molar-refractivity contribution is -0.385. The van der Waals surface area contributed by atoms with Crippen LogP contribution in [0.5, 0.6) is 0 Å². The standard InChI is InChI=1S/C18H22N4O3/c1-3-4-17-19-15-7-8-21(11-14(15)18(23)20-17)10-13-6-5-12(2)16(9-13)22(24)25/h5-6,9H,3-4,7-8,10-11H2,1-2H3,(H,19,20,23). The summed E-state index contributed by atoms with van der Waals surface area (Å²) in [4.78, 5) is 32.7. The average molecular weight is 342 g/mol. The van der Waals surface area contributed by atoms with Gasteiger partial charge < -0.3 is 4.98 Å². The normalized spacial score (nSPS) is 14.3. The molecule has 0 aliphatic carbocycles. The number of nitrogens with zero attached hydrogens (tertiary/aromatic N) is 3. The first-order valence-electron chi connectivity index (χ1n) is 8.55. The number of hydrogen-bond acceptors (Lipinski definition) is 5. The van der Waals surface area contributed by atoms with Gasteiger partial charge in [0.1, 0.15) is 5.82 Å². The van der Waals surface area contributed by atoms with E-state index in [2.05, 4.69) is 21.8 Å². The predicted molar refractivity (Wildman–Crippen MR) is 94.5 cm³/mol. The SMILES string of the molecule is CCCc1nc2c(c(=O)[nH]1)CN(Cc1ccc(C)c([N+](=O)[O-])c1)CC2. The van der Waals surface area contributed by atoms with Crippen molar-refractivity contribution in [2.45, 2.75) is 46.2 Å². The molecular formula is C18H22N4O3. The van der Waals surface area contributed by atoms with Gasteiger partial charge in [0.2, 0.25) is 0 Å². The van der Waals surface area contributed by atoms with Crippen LogP contribution in [0.25, 0.3) is 0 Å². The number of nitro benzene ring substituents is 1. The third-order valence-electron chi connectivity index (χ3n) is 4.56. The van der Waals surface area contributed by atoms with Crippen molar-refractivity contribution in [3.05, 3.63) is 66.9 Å². The van der Waals surface area contributed by atoms with E-state index >= 15 is 0 Å². The number of fused-ring (bicyclic) bond motifs is 1. The number of aromatic nitrogens is 2. The molecule has 1 aromatic carbocycles. The quantitative estimate of drug-likeness (QED) is 0.666. The summed E-state index contributed by atoms with van der Waals surface area (Å²) in [5.74, 6) is 0.758. The highest BCUT2D eigenvalue weighted by atomic mass is 16.6. The van der Waals surface area contributed by atoms with Crippen molar-refractivity contribution >= 4 is 5.69 Å². The second-order valence-electron chi connectivity index (χ2n) is 6.53. The summed E-state index contributed by atoms with van der Waals surface area (Å²) in [6, 6.07) is 5.30. The maximum Gasteiger partial charge on any atom is 0.272 e. The summed E-state index contributed by atoms with van der Waals surface area (Å²) in [5, 5.41) is 11.1. The van der Waals surface area contributed by atoms with Gasteiger partial charge in [-0.25, -0.2) is 4.98 Å². The number of nitro groups is 1. The number of rotatable bonds is 5. The second-order valence-corrected chi connectivity index (χ2v) is 6.53. The van der Waals surface area contributed by atoms with Gasteiger partial charge in [0.25, 0.3) is 11.2 Å². The van der Waals surface area contributed by atoms with Gasteiger partial charge in [0, 0.05) is 44.1 Å². The van der Waals surface area contributed by atoms with Crippen molar-refractivity contribution in [3.8, 4) is 0 Å². The van der Waals surface area contributed by atoms with Crippen molar-refractivity contribution in [2.24, 2.45) is 0 Å². The fourth-order valence-electron chi connectivity index (χ4n) is 3.23. The van der Waals surface area contributed by atoms with Crippen LogP contribution in [0.3, 0.4) is 0 Å². The molecule has 1 aliphatic rings. The van der Waals surface area contributed by atoms with Gasteiger partial charge >= 0.3 is 0 Å². The van der Waals surface area contributed by atoms with Crippen LogP contribution in [0.4, 0.5) is 5.69 Å². The molecule has 132 valence electrons. The van der Waals surface area contributed by atoms with Gasteiger partial charge in [-0.3, -0.25) is 19.8 Å². The van der Waals surface area contributed by atoms with Gasteiger partial charge in [0.05, 0.1) is 16.2 Å². The minimum Gasteiger partial charge on any atom is -0.310 e. The summed E-state index contributed by atoms with van der Waals surface area (Å²) in [5.41, 5.74) is 3.22. The Labute approximate surface area is 145 Å². The van der Waals surface area contributed by atoms with E-state index in [1.54, 1.807) is 19.1 Å². The molecule has 1 N–H and O–H groups in total. The van der Waals surface area contributed by atoms with Crippen molar-refractivity contribution in [3.63, 3.8) is 0 Å². The van der Waals surface area contributed by atoms with Crippen molar-refractivity contribution < 1.29 is 4.92 Å². The molecular weight excluding hydrogens is 320 g/mol. The summed E-state index contributed by atoms with van der Waals surface area (Å²) < 4.78 is 0. The molecule has 1 aromatic heterocycles. The summed E-state index contributed by atoms with van der Waals surface area (Å²) in [7, 11) is 0. The molecule has 3 rings (SSSR count). The Morgan fingerprint density at radius 1 is 1.40 bits per heavy atom. The van der Waals surface area contributed by atoms with Crippen LogP contribution < -0.4 is 5.56 Å². The van der Waals surface area contributed by atoms with Crippen molar-refractivity contribution in [2.75, 3.05) is 6.54 Å². The zero-order chi connectivity index (χ0) is 18.0. The van der Waals surface area contributed by atoms with E-state index in [4.69, 9.17) is 0 Å². The Kier molecular flexibility index (Phi) is 4.94. The molecule has 7 heteroatoms. The number of benzene rings is 1. The summed E-state index contributed by atoms with van der Waals surface area (Å²) in [6.07, 6.45) is 2.45. The van der Waals surface area contributed by atoms with Gasteiger partial charge in [-0.15, -0.1) is 0 Å². The molecule has 0 bridgehead atoms. The first-order valence-corrected chi connectivity index (χ1v) is 8.55. The minimum atomic E-state index is -0.353. The highest BCUT2D eigenvalue weighted by Crippen LogP contribution is 2.22.